The van der Waals surface area contributed by atoms with Crippen molar-refractivity contribution in [2.45, 2.75) is 13.5 Å². The molecule has 0 unspecified atom stereocenters. The molecule has 0 spiro atoms. The number of rotatable bonds is 8. The van der Waals surface area contributed by atoms with Crippen LogP contribution in [0.2, 0.25) is 0 Å². The van der Waals surface area contributed by atoms with Gasteiger partial charge in [-0.3, -0.25) is 9.59 Å². The van der Waals surface area contributed by atoms with Crippen molar-refractivity contribution in [1.29, 1.82) is 0 Å². The third-order valence-corrected chi connectivity index (χ3v) is 3.18. The summed E-state index contributed by atoms with van der Waals surface area (Å²) in [7, 11) is 0. The Kier molecular flexibility index (Phi) is 6.90. The Morgan fingerprint density at radius 1 is 1.08 bits per heavy atom. The molecule has 8 heteroatoms. The third-order valence-electron chi connectivity index (χ3n) is 3.18. The number of ether oxygens (including phenoxy) is 2. The molecular formula is C18H18F2N2O4. The van der Waals surface area contributed by atoms with Crippen LogP contribution in [0.5, 0.6) is 11.5 Å². The van der Waals surface area contributed by atoms with Crippen molar-refractivity contribution < 1.29 is 27.8 Å². The molecule has 2 aromatic rings. The molecule has 0 aliphatic heterocycles. The Hall–Kier alpha value is -3.16. The second-order valence-corrected chi connectivity index (χ2v) is 5.09. The Morgan fingerprint density at radius 2 is 1.81 bits per heavy atom. The van der Waals surface area contributed by atoms with E-state index in [2.05, 4.69) is 15.4 Å². The number of carbonyl (C=O) groups excluding carboxylic acids is 2. The van der Waals surface area contributed by atoms with Gasteiger partial charge in [0.2, 0.25) is 5.91 Å². The molecule has 0 aliphatic rings. The molecule has 2 amide bonds. The Balaban J connectivity index is 1.85. The van der Waals surface area contributed by atoms with Crippen molar-refractivity contribution in [3.63, 3.8) is 0 Å². The monoisotopic (exact) mass is 364 g/mol. The van der Waals surface area contributed by atoms with Gasteiger partial charge >= 0.3 is 6.61 Å². The average molecular weight is 364 g/mol. The van der Waals surface area contributed by atoms with Crippen molar-refractivity contribution in [3.05, 3.63) is 54.1 Å². The SMILES string of the molecule is CCOc1ccc(C(=O)NCC(=O)Nc2cccc(OC(F)F)c2)cc1. The molecule has 0 heterocycles. The van der Waals surface area contributed by atoms with Crippen LogP contribution in [-0.4, -0.2) is 31.6 Å². The summed E-state index contributed by atoms with van der Waals surface area (Å²) in [5.74, 6) is -0.347. The van der Waals surface area contributed by atoms with Gasteiger partial charge in [-0.25, -0.2) is 0 Å². The summed E-state index contributed by atoms with van der Waals surface area (Å²) in [5.41, 5.74) is 0.664. The van der Waals surface area contributed by atoms with Crippen molar-refractivity contribution in [1.82, 2.24) is 5.32 Å². The molecule has 2 N–H and O–H groups in total. The van der Waals surface area contributed by atoms with Gasteiger partial charge < -0.3 is 20.1 Å². The van der Waals surface area contributed by atoms with Crippen LogP contribution in [0.25, 0.3) is 0 Å². The first-order valence-electron chi connectivity index (χ1n) is 7.83. The van der Waals surface area contributed by atoms with Crippen LogP contribution in [-0.2, 0) is 4.79 Å². The molecular weight excluding hydrogens is 346 g/mol. The van der Waals surface area contributed by atoms with Crippen LogP contribution in [0.1, 0.15) is 17.3 Å². The summed E-state index contributed by atoms with van der Waals surface area (Å²) < 4.78 is 33.9. The van der Waals surface area contributed by atoms with Gasteiger partial charge in [-0.2, -0.15) is 8.78 Å². The quantitative estimate of drug-likeness (QED) is 0.755. The molecule has 0 fully saturated rings. The van der Waals surface area contributed by atoms with Gasteiger partial charge in [0.05, 0.1) is 13.2 Å². The van der Waals surface area contributed by atoms with E-state index in [1.807, 2.05) is 6.92 Å². The number of nitrogens with one attached hydrogen (secondary N) is 2. The maximum absolute atomic E-state index is 12.2. The van der Waals surface area contributed by atoms with Crippen molar-refractivity contribution >= 4 is 17.5 Å². The predicted octanol–water partition coefficient (Wildman–Crippen LogP) is 3.06. The fourth-order valence-electron chi connectivity index (χ4n) is 2.09. The molecule has 0 aliphatic carbocycles. The standard InChI is InChI=1S/C18H18F2N2O4/c1-2-25-14-8-6-12(7-9-14)17(24)21-11-16(23)22-13-4-3-5-15(10-13)26-18(19)20/h3-10,18H,2,11H2,1H3,(H,21,24)(H,22,23). The van der Waals surface area contributed by atoms with Gasteiger partial charge in [0.15, 0.2) is 0 Å². The van der Waals surface area contributed by atoms with Gasteiger partial charge in [0.1, 0.15) is 11.5 Å². The Labute approximate surface area is 149 Å². The van der Waals surface area contributed by atoms with E-state index in [-0.39, 0.29) is 18.0 Å². The second kappa shape index (κ2) is 9.36. The summed E-state index contributed by atoms with van der Waals surface area (Å²) in [6.07, 6.45) is 0. The zero-order chi connectivity index (χ0) is 18.9. The van der Waals surface area contributed by atoms with E-state index >= 15 is 0 Å². The van der Waals surface area contributed by atoms with E-state index in [1.165, 1.54) is 24.3 Å². The van der Waals surface area contributed by atoms with E-state index in [0.717, 1.165) is 0 Å². The molecule has 0 bridgehead atoms. The molecule has 0 aromatic heterocycles. The van der Waals surface area contributed by atoms with Crippen LogP contribution in [0.4, 0.5) is 14.5 Å². The lowest BCUT2D eigenvalue weighted by Crippen LogP contribution is -2.32. The topological polar surface area (TPSA) is 76.7 Å². The first kappa shape index (κ1) is 19.2. The summed E-state index contributed by atoms with van der Waals surface area (Å²) in [6, 6.07) is 12.1. The number of anilines is 1. The molecule has 2 rings (SSSR count). The van der Waals surface area contributed by atoms with Crippen LogP contribution in [0, 0.1) is 0 Å². The highest BCUT2D eigenvalue weighted by Gasteiger charge is 2.10. The van der Waals surface area contributed by atoms with E-state index in [1.54, 1.807) is 24.3 Å². The first-order valence-corrected chi connectivity index (χ1v) is 7.83. The third kappa shape index (κ3) is 6.04. The second-order valence-electron chi connectivity index (χ2n) is 5.09. The smallest absolute Gasteiger partial charge is 0.387 e. The number of halogens is 2. The van der Waals surface area contributed by atoms with E-state index in [9.17, 15) is 18.4 Å². The van der Waals surface area contributed by atoms with Gasteiger partial charge in [0.25, 0.3) is 5.91 Å². The van der Waals surface area contributed by atoms with Gasteiger partial charge in [-0.1, -0.05) is 6.07 Å². The fraction of sp³-hybridized carbons (Fsp3) is 0.222. The molecule has 0 saturated heterocycles. The first-order chi connectivity index (χ1) is 12.5. The highest BCUT2D eigenvalue weighted by Crippen LogP contribution is 2.19. The molecule has 2 aromatic carbocycles. The maximum Gasteiger partial charge on any atom is 0.387 e. The minimum absolute atomic E-state index is 0.0729. The molecule has 0 saturated carbocycles. The number of hydrogen-bond acceptors (Lipinski definition) is 4. The van der Waals surface area contributed by atoms with Gasteiger partial charge in [-0.05, 0) is 43.3 Å². The van der Waals surface area contributed by atoms with Crippen molar-refractivity contribution in [2.75, 3.05) is 18.5 Å². The van der Waals surface area contributed by atoms with Gasteiger partial charge in [-0.15, -0.1) is 0 Å². The lowest BCUT2D eigenvalue weighted by Gasteiger charge is -2.09. The van der Waals surface area contributed by atoms with Crippen LogP contribution in [0.15, 0.2) is 48.5 Å². The van der Waals surface area contributed by atoms with Crippen molar-refractivity contribution in [3.8, 4) is 11.5 Å². The Morgan fingerprint density at radius 3 is 2.46 bits per heavy atom. The van der Waals surface area contributed by atoms with Crippen LogP contribution in [0.3, 0.4) is 0 Å². The average Bonchev–Trinajstić information content (AvgIpc) is 2.60. The minimum atomic E-state index is -2.95. The predicted molar refractivity (Wildman–Crippen MR) is 91.6 cm³/mol. The molecule has 6 nitrogen and oxygen atoms in total. The summed E-state index contributed by atoms with van der Waals surface area (Å²) in [4.78, 5) is 23.9. The van der Waals surface area contributed by atoms with Crippen LogP contribution < -0.4 is 20.1 Å². The number of carbonyl (C=O) groups is 2. The lowest BCUT2D eigenvalue weighted by molar-refractivity contribution is -0.115. The molecule has 0 atom stereocenters. The number of amides is 2. The zero-order valence-electron chi connectivity index (χ0n) is 14.0. The van der Waals surface area contributed by atoms with E-state index in [4.69, 9.17) is 4.74 Å². The fourth-order valence-corrected chi connectivity index (χ4v) is 2.09. The summed E-state index contributed by atoms with van der Waals surface area (Å²) in [6.45, 7) is -0.843. The molecule has 26 heavy (non-hydrogen) atoms. The lowest BCUT2D eigenvalue weighted by atomic mass is 10.2. The largest absolute Gasteiger partial charge is 0.494 e. The highest BCUT2D eigenvalue weighted by atomic mass is 19.3. The number of benzene rings is 2. The molecule has 138 valence electrons. The normalized spacial score (nSPS) is 10.3. The van der Waals surface area contributed by atoms with Crippen LogP contribution >= 0.6 is 0 Å². The zero-order valence-corrected chi connectivity index (χ0v) is 14.0. The number of alkyl halides is 2. The highest BCUT2D eigenvalue weighted by molar-refractivity contribution is 5.99. The van der Waals surface area contributed by atoms with Gasteiger partial charge in [0, 0.05) is 17.3 Å². The summed E-state index contributed by atoms with van der Waals surface area (Å²) >= 11 is 0. The van der Waals surface area contributed by atoms with E-state index in [0.29, 0.717) is 17.9 Å². The Bertz CT molecular complexity index is 751. The maximum atomic E-state index is 12.2. The summed E-state index contributed by atoms with van der Waals surface area (Å²) in [5, 5.41) is 4.96. The van der Waals surface area contributed by atoms with E-state index < -0.39 is 18.4 Å². The molecule has 0 radical (unpaired) electrons. The van der Waals surface area contributed by atoms with Crippen molar-refractivity contribution in [2.24, 2.45) is 0 Å². The minimum Gasteiger partial charge on any atom is -0.494 e. The number of hydrogen-bond donors (Lipinski definition) is 2.